The molecule has 27 heavy (non-hydrogen) atoms. The summed E-state index contributed by atoms with van der Waals surface area (Å²) in [5.74, 6) is -4.98. The van der Waals surface area contributed by atoms with Crippen molar-refractivity contribution in [3.05, 3.63) is 72.3 Å². The van der Waals surface area contributed by atoms with Gasteiger partial charge >= 0.3 is 11.9 Å². The van der Waals surface area contributed by atoms with E-state index in [2.05, 4.69) is 0 Å². The molecule has 1 unspecified atom stereocenters. The van der Waals surface area contributed by atoms with Crippen LogP contribution in [0.2, 0.25) is 0 Å². The van der Waals surface area contributed by atoms with E-state index in [4.69, 9.17) is 5.11 Å². The van der Waals surface area contributed by atoms with E-state index < -0.39 is 41.0 Å². The minimum Gasteiger partial charge on any atom is -0.479 e. The molecule has 2 aromatic rings. The smallest absolute Gasteiger partial charge is 0.339 e. The number of nitrogens with zero attached hydrogens (tertiary/aromatic N) is 1. The molecule has 0 aromatic heterocycles. The molecule has 0 aliphatic heterocycles. The van der Waals surface area contributed by atoms with Crippen LogP contribution in [0.15, 0.2) is 72.3 Å². The van der Waals surface area contributed by atoms with E-state index in [1.165, 1.54) is 4.90 Å². The molecule has 0 saturated heterocycles. The molecule has 1 aliphatic rings. The Labute approximate surface area is 154 Å². The summed E-state index contributed by atoms with van der Waals surface area (Å²) in [6.07, 6.45) is -0.176. The van der Waals surface area contributed by atoms with Crippen molar-refractivity contribution >= 4 is 34.9 Å². The largest absolute Gasteiger partial charge is 0.479 e. The summed E-state index contributed by atoms with van der Waals surface area (Å²) >= 11 is 0. The molecule has 136 valence electrons. The van der Waals surface area contributed by atoms with Gasteiger partial charge < -0.3 is 15.1 Å². The van der Waals surface area contributed by atoms with E-state index in [0.717, 1.165) is 0 Å². The van der Waals surface area contributed by atoms with Crippen LogP contribution >= 0.6 is 0 Å². The summed E-state index contributed by atoms with van der Waals surface area (Å²) in [6, 6.07) is 16.6. The highest BCUT2D eigenvalue weighted by Gasteiger charge is 2.55. The maximum Gasteiger partial charge on any atom is 0.339 e. The summed E-state index contributed by atoms with van der Waals surface area (Å²) in [5, 5.41) is 19.1. The highest BCUT2D eigenvalue weighted by Crippen LogP contribution is 2.39. The van der Waals surface area contributed by atoms with Crippen LogP contribution in [0.4, 0.5) is 11.4 Å². The predicted octanol–water partition coefficient (Wildman–Crippen LogP) is 2.20. The number of para-hydroxylation sites is 2. The van der Waals surface area contributed by atoms with Gasteiger partial charge in [-0.2, -0.15) is 0 Å². The molecule has 3 rings (SSSR count). The van der Waals surface area contributed by atoms with E-state index in [0.29, 0.717) is 17.5 Å². The Balaban J connectivity index is 2.28. The predicted molar refractivity (Wildman–Crippen MR) is 95.7 cm³/mol. The first-order chi connectivity index (χ1) is 12.9. The minimum absolute atomic E-state index is 0.388. The van der Waals surface area contributed by atoms with Gasteiger partial charge in [-0.05, 0) is 24.3 Å². The number of aliphatic carboxylic acids is 2. The molecule has 0 saturated carbocycles. The quantitative estimate of drug-likeness (QED) is 0.617. The van der Waals surface area contributed by atoms with Crippen LogP contribution in [0.1, 0.15) is 6.42 Å². The van der Waals surface area contributed by atoms with Crippen molar-refractivity contribution in [1.29, 1.82) is 0 Å². The van der Waals surface area contributed by atoms with Crippen molar-refractivity contribution in [1.82, 2.24) is 0 Å². The average molecular weight is 365 g/mol. The Morgan fingerprint density at radius 2 is 1.33 bits per heavy atom. The number of anilines is 2. The number of rotatable bonds is 5. The maximum atomic E-state index is 12.9. The molecule has 2 aromatic carbocycles. The van der Waals surface area contributed by atoms with Gasteiger partial charge in [0.05, 0.1) is 6.42 Å². The van der Waals surface area contributed by atoms with Gasteiger partial charge in [-0.25, -0.2) is 9.59 Å². The Morgan fingerprint density at radius 3 is 1.74 bits per heavy atom. The lowest BCUT2D eigenvalue weighted by Crippen LogP contribution is -2.61. The SMILES string of the molecule is O=C(O)C1=CC(=O)C(C(=O)O)(N(c2ccccc2)c2ccccc2)CC1=O. The van der Waals surface area contributed by atoms with E-state index in [9.17, 15) is 24.3 Å². The van der Waals surface area contributed by atoms with Gasteiger partial charge in [0.25, 0.3) is 0 Å². The molecule has 0 spiro atoms. The minimum atomic E-state index is -2.28. The van der Waals surface area contributed by atoms with Gasteiger partial charge in [-0.1, -0.05) is 36.4 Å². The highest BCUT2D eigenvalue weighted by molar-refractivity contribution is 6.31. The van der Waals surface area contributed by atoms with E-state index >= 15 is 0 Å². The fraction of sp³-hybridized carbons (Fsp3) is 0.100. The number of Topliss-reactive ketones (excluding diaryl/α,β-unsaturated/α-hetero) is 1. The first-order valence-electron chi connectivity index (χ1n) is 8.04. The van der Waals surface area contributed by atoms with Crippen molar-refractivity contribution in [2.45, 2.75) is 12.0 Å². The lowest BCUT2D eigenvalue weighted by Gasteiger charge is -2.41. The molecule has 0 radical (unpaired) electrons. The third-order valence-corrected chi connectivity index (χ3v) is 4.39. The zero-order valence-electron chi connectivity index (χ0n) is 14.0. The normalized spacial score (nSPS) is 19.3. The molecule has 1 aliphatic carbocycles. The van der Waals surface area contributed by atoms with Crippen LogP contribution in [-0.4, -0.2) is 39.3 Å². The Bertz CT molecular complexity index is 911. The standard InChI is InChI=1S/C20H15NO6/c22-16-12-20(19(26)27,17(23)11-15(16)18(24)25)21(13-7-3-1-4-8-13)14-9-5-2-6-10-14/h1-11H,12H2,(H,24,25)(H,26,27). The molecule has 7 heteroatoms. The molecule has 2 N–H and O–H groups in total. The molecular weight excluding hydrogens is 350 g/mol. The lowest BCUT2D eigenvalue weighted by molar-refractivity contribution is -0.150. The van der Waals surface area contributed by atoms with Crippen molar-refractivity contribution in [3.63, 3.8) is 0 Å². The van der Waals surface area contributed by atoms with Crippen LogP contribution in [0.5, 0.6) is 0 Å². The van der Waals surface area contributed by atoms with Gasteiger partial charge in [-0.15, -0.1) is 0 Å². The number of hydrogen-bond donors (Lipinski definition) is 2. The van der Waals surface area contributed by atoms with Gasteiger partial charge in [0.15, 0.2) is 11.6 Å². The first kappa shape index (κ1) is 18.1. The summed E-state index contributed by atoms with van der Waals surface area (Å²) in [6.45, 7) is 0. The fourth-order valence-electron chi connectivity index (χ4n) is 3.14. The monoisotopic (exact) mass is 365 g/mol. The Morgan fingerprint density at radius 1 is 0.852 bits per heavy atom. The molecule has 0 fully saturated rings. The van der Waals surface area contributed by atoms with Gasteiger partial charge in [0.2, 0.25) is 5.54 Å². The van der Waals surface area contributed by atoms with E-state index in [1.54, 1.807) is 60.7 Å². The second-order valence-corrected chi connectivity index (χ2v) is 6.00. The van der Waals surface area contributed by atoms with Crippen molar-refractivity contribution in [2.75, 3.05) is 4.90 Å². The number of hydrogen-bond acceptors (Lipinski definition) is 5. The number of carbonyl (C=O) groups is 4. The van der Waals surface area contributed by atoms with E-state index in [-0.39, 0.29) is 0 Å². The van der Waals surface area contributed by atoms with Crippen LogP contribution in [-0.2, 0) is 19.2 Å². The summed E-state index contributed by atoms with van der Waals surface area (Å²) in [5.41, 5.74) is -2.21. The van der Waals surface area contributed by atoms with E-state index in [1.807, 2.05) is 0 Å². The maximum absolute atomic E-state index is 12.9. The number of ketones is 2. The molecule has 0 amide bonds. The molecular formula is C20H15NO6. The Kier molecular flexibility index (Phi) is 4.60. The third-order valence-electron chi connectivity index (χ3n) is 4.39. The topological polar surface area (TPSA) is 112 Å². The molecule has 1 atom stereocenters. The van der Waals surface area contributed by atoms with Crippen LogP contribution < -0.4 is 4.90 Å². The highest BCUT2D eigenvalue weighted by atomic mass is 16.4. The van der Waals surface area contributed by atoms with Crippen LogP contribution in [0, 0.1) is 0 Å². The average Bonchev–Trinajstić information content (AvgIpc) is 2.65. The van der Waals surface area contributed by atoms with Gasteiger partial charge in [0, 0.05) is 17.5 Å². The Hall–Kier alpha value is -3.74. The number of benzene rings is 2. The van der Waals surface area contributed by atoms with Gasteiger partial charge in [0.1, 0.15) is 5.57 Å². The van der Waals surface area contributed by atoms with Crippen LogP contribution in [0.3, 0.4) is 0 Å². The summed E-state index contributed by atoms with van der Waals surface area (Å²) < 4.78 is 0. The number of carboxylic acids is 2. The second kappa shape index (κ2) is 6.87. The molecule has 0 bridgehead atoms. The first-order valence-corrected chi connectivity index (χ1v) is 8.04. The second-order valence-electron chi connectivity index (χ2n) is 6.00. The van der Waals surface area contributed by atoms with Crippen molar-refractivity contribution < 1.29 is 29.4 Å². The van der Waals surface area contributed by atoms with Gasteiger partial charge in [-0.3, -0.25) is 9.59 Å². The van der Waals surface area contributed by atoms with Crippen molar-refractivity contribution in [3.8, 4) is 0 Å². The molecule has 7 nitrogen and oxygen atoms in total. The summed E-state index contributed by atoms with van der Waals surface area (Å²) in [4.78, 5) is 50.0. The zero-order chi connectivity index (χ0) is 19.6. The number of carboxylic acid groups (broad SMARTS) is 2. The van der Waals surface area contributed by atoms with Crippen LogP contribution in [0.25, 0.3) is 0 Å². The third kappa shape index (κ3) is 2.99. The zero-order valence-corrected chi connectivity index (χ0v) is 14.0. The fourth-order valence-corrected chi connectivity index (χ4v) is 3.14. The lowest BCUT2D eigenvalue weighted by atomic mass is 9.78. The molecule has 0 heterocycles. The van der Waals surface area contributed by atoms with Crippen molar-refractivity contribution in [2.24, 2.45) is 0 Å². The number of carbonyl (C=O) groups excluding carboxylic acids is 2. The summed E-state index contributed by atoms with van der Waals surface area (Å²) in [7, 11) is 0.